The summed E-state index contributed by atoms with van der Waals surface area (Å²) >= 11 is 0. The van der Waals surface area contributed by atoms with Crippen molar-refractivity contribution in [3.8, 4) is 0 Å². The second-order valence-corrected chi connectivity index (χ2v) is 8.03. The molecule has 1 aromatic carbocycles. The number of hydrogen-bond donors (Lipinski definition) is 1. The first kappa shape index (κ1) is 17.8. The predicted molar refractivity (Wildman–Crippen MR) is 92.7 cm³/mol. The van der Waals surface area contributed by atoms with Crippen LogP contribution in [0, 0.1) is 5.92 Å². The van der Waals surface area contributed by atoms with Gasteiger partial charge in [-0.15, -0.1) is 0 Å². The number of carbonyl (C=O) groups excluding carboxylic acids is 1. The van der Waals surface area contributed by atoms with Crippen molar-refractivity contribution in [3.05, 3.63) is 35.4 Å². The highest BCUT2D eigenvalue weighted by Crippen LogP contribution is 2.40. The lowest BCUT2D eigenvalue weighted by Gasteiger charge is -2.31. The van der Waals surface area contributed by atoms with Crippen LogP contribution in [0.15, 0.2) is 24.3 Å². The van der Waals surface area contributed by atoms with Gasteiger partial charge in [0.15, 0.2) is 0 Å². The molecule has 1 aromatic rings. The van der Waals surface area contributed by atoms with Crippen LogP contribution in [0.4, 0.5) is 13.2 Å². The number of rotatable bonds is 3. The van der Waals surface area contributed by atoms with Crippen molar-refractivity contribution in [3.63, 3.8) is 0 Å². The maximum atomic E-state index is 13.1. The number of alkyl halides is 3. The molecule has 2 heterocycles. The minimum Gasteiger partial charge on any atom is -0.351 e. The minimum absolute atomic E-state index is 0.0324. The highest BCUT2D eigenvalue weighted by Gasteiger charge is 2.45. The summed E-state index contributed by atoms with van der Waals surface area (Å²) in [4.78, 5) is 14.6. The standard InChI is InChI=1S/C20H25F3N2O/c21-20(22,23)15-5-3-4-14(10-15)16-12-25(11-13-8-9-13)17-6-1-2-7-18(26)24-19(16)17/h3-5,10,13,16-17,19H,1-2,6-9,11-12H2,(H,24,26)/t16-,17+,19-/m0/s1. The van der Waals surface area contributed by atoms with Gasteiger partial charge in [-0.2, -0.15) is 13.2 Å². The van der Waals surface area contributed by atoms with Gasteiger partial charge < -0.3 is 5.32 Å². The number of fused-ring (bicyclic) bond motifs is 1. The Hall–Kier alpha value is -1.56. The smallest absolute Gasteiger partial charge is 0.351 e. The van der Waals surface area contributed by atoms with Crippen LogP contribution < -0.4 is 5.32 Å². The maximum Gasteiger partial charge on any atom is 0.416 e. The lowest BCUT2D eigenvalue weighted by molar-refractivity contribution is -0.137. The first-order valence-corrected chi connectivity index (χ1v) is 9.62. The maximum absolute atomic E-state index is 13.1. The highest BCUT2D eigenvalue weighted by atomic mass is 19.4. The van der Waals surface area contributed by atoms with Crippen LogP contribution in [0.1, 0.15) is 55.6 Å². The molecular weight excluding hydrogens is 341 g/mol. The third-order valence-electron chi connectivity index (χ3n) is 6.06. The molecular formula is C20H25F3N2O. The fraction of sp³-hybridized carbons (Fsp3) is 0.650. The number of hydrogen-bond acceptors (Lipinski definition) is 2. The van der Waals surface area contributed by atoms with Crippen molar-refractivity contribution >= 4 is 5.91 Å². The predicted octanol–water partition coefficient (Wildman–Crippen LogP) is 3.94. The van der Waals surface area contributed by atoms with E-state index in [1.54, 1.807) is 6.07 Å². The summed E-state index contributed by atoms with van der Waals surface area (Å²) in [5, 5.41) is 3.15. The second-order valence-electron chi connectivity index (χ2n) is 8.03. The average molecular weight is 366 g/mol. The zero-order valence-electron chi connectivity index (χ0n) is 14.8. The number of carbonyl (C=O) groups is 1. The van der Waals surface area contributed by atoms with Gasteiger partial charge in [0, 0.05) is 31.5 Å². The average Bonchev–Trinajstić information content (AvgIpc) is 3.33. The number of nitrogens with zero attached hydrogens (tertiary/aromatic N) is 1. The molecule has 3 aliphatic rings. The molecule has 1 aliphatic carbocycles. The van der Waals surface area contributed by atoms with E-state index in [0.717, 1.165) is 44.3 Å². The highest BCUT2D eigenvalue weighted by molar-refractivity contribution is 5.76. The summed E-state index contributed by atoms with van der Waals surface area (Å²) in [6.07, 6.45) is 1.56. The molecule has 26 heavy (non-hydrogen) atoms. The topological polar surface area (TPSA) is 32.3 Å². The summed E-state index contributed by atoms with van der Waals surface area (Å²) in [7, 11) is 0. The van der Waals surface area contributed by atoms with Crippen molar-refractivity contribution in [1.29, 1.82) is 0 Å². The van der Waals surface area contributed by atoms with Crippen molar-refractivity contribution in [2.45, 2.75) is 62.7 Å². The molecule has 2 aliphatic heterocycles. The Morgan fingerprint density at radius 3 is 2.69 bits per heavy atom. The first-order valence-electron chi connectivity index (χ1n) is 9.62. The van der Waals surface area contributed by atoms with Crippen LogP contribution in [-0.4, -0.2) is 36.0 Å². The Balaban J connectivity index is 1.64. The monoisotopic (exact) mass is 366 g/mol. The van der Waals surface area contributed by atoms with Gasteiger partial charge in [-0.1, -0.05) is 24.6 Å². The number of likely N-dealkylation sites (tertiary alicyclic amines) is 1. The molecule has 3 fully saturated rings. The van der Waals surface area contributed by atoms with Gasteiger partial charge in [0.05, 0.1) is 11.6 Å². The van der Waals surface area contributed by atoms with E-state index in [-0.39, 0.29) is 23.9 Å². The molecule has 4 rings (SSSR count). The van der Waals surface area contributed by atoms with Crippen LogP contribution in [0.5, 0.6) is 0 Å². The molecule has 2 saturated heterocycles. The molecule has 0 bridgehead atoms. The van der Waals surface area contributed by atoms with E-state index in [9.17, 15) is 18.0 Å². The minimum atomic E-state index is -4.34. The van der Waals surface area contributed by atoms with Gasteiger partial charge in [0.2, 0.25) is 5.91 Å². The van der Waals surface area contributed by atoms with Gasteiger partial charge in [-0.25, -0.2) is 0 Å². The molecule has 142 valence electrons. The van der Waals surface area contributed by atoms with E-state index in [1.165, 1.54) is 25.0 Å². The van der Waals surface area contributed by atoms with Crippen LogP contribution in [0.3, 0.4) is 0 Å². The van der Waals surface area contributed by atoms with E-state index < -0.39 is 11.7 Å². The Labute approximate surface area is 151 Å². The molecule has 0 radical (unpaired) electrons. The fourth-order valence-electron chi connectivity index (χ4n) is 4.55. The summed E-state index contributed by atoms with van der Waals surface area (Å²) in [6, 6.07) is 5.80. The molecule has 3 nitrogen and oxygen atoms in total. The largest absolute Gasteiger partial charge is 0.416 e. The van der Waals surface area contributed by atoms with Crippen molar-refractivity contribution in [1.82, 2.24) is 10.2 Å². The van der Waals surface area contributed by atoms with E-state index in [0.29, 0.717) is 12.0 Å². The van der Waals surface area contributed by atoms with Gasteiger partial charge in [0.1, 0.15) is 0 Å². The van der Waals surface area contributed by atoms with Crippen molar-refractivity contribution in [2.75, 3.05) is 13.1 Å². The zero-order chi connectivity index (χ0) is 18.3. The third kappa shape index (κ3) is 3.75. The number of amides is 1. The first-order chi connectivity index (χ1) is 12.4. The molecule has 0 aromatic heterocycles. The molecule has 6 heteroatoms. The molecule has 3 atom stereocenters. The lowest BCUT2D eigenvalue weighted by atomic mass is 9.87. The van der Waals surface area contributed by atoms with E-state index in [4.69, 9.17) is 0 Å². The molecule has 0 unspecified atom stereocenters. The van der Waals surface area contributed by atoms with Crippen LogP contribution in [0.25, 0.3) is 0 Å². The molecule has 1 N–H and O–H groups in total. The third-order valence-corrected chi connectivity index (χ3v) is 6.06. The molecule has 1 saturated carbocycles. The Kier molecular flexibility index (Phi) is 4.71. The Morgan fingerprint density at radius 1 is 1.15 bits per heavy atom. The van der Waals surface area contributed by atoms with E-state index >= 15 is 0 Å². The zero-order valence-corrected chi connectivity index (χ0v) is 14.8. The Morgan fingerprint density at radius 2 is 1.96 bits per heavy atom. The summed E-state index contributed by atoms with van der Waals surface area (Å²) in [5.41, 5.74) is 0.0818. The van der Waals surface area contributed by atoms with E-state index in [2.05, 4.69) is 10.2 Å². The summed E-state index contributed by atoms with van der Waals surface area (Å²) < 4.78 is 39.4. The fourth-order valence-corrected chi connectivity index (χ4v) is 4.55. The summed E-state index contributed by atoms with van der Waals surface area (Å²) in [6.45, 7) is 1.74. The quantitative estimate of drug-likeness (QED) is 0.879. The second kappa shape index (κ2) is 6.87. The lowest BCUT2D eigenvalue weighted by Crippen LogP contribution is -2.47. The van der Waals surface area contributed by atoms with E-state index in [1.807, 2.05) is 0 Å². The molecule has 0 spiro atoms. The summed E-state index contributed by atoms with van der Waals surface area (Å²) in [5.74, 6) is 0.671. The van der Waals surface area contributed by atoms with Crippen molar-refractivity contribution in [2.24, 2.45) is 5.92 Å². The van der Waals surface area contributed by atoms with Crippen molar-refractivity contribution < 1.29 is 18.0 Å². The van der Waals surface area contributed by atoms with Gasteiger partial charge in [-0.05, 0) is 43.2 Å². The number of halogens is 3. The van der Waals surface area contributed by atoms with Gasteiger partial charge in [-0.3, -0.25) is 9.69 Å². The molecule has 1 amide bonds. The van der Waals surface area contributed by atoms with Crippen LogP contribution in [0.2, 0.25) is 0 Å². The van der Waals surface area contributed by atoms with Crippen LogP contribution in [-0.2, 0) is 11.0 Å². The number of nitrogens with one attached hydrogen (secondary N) is 1. The Bertz CT molecular complexity index is 671. The SMILES string of the molecule is O=C1CCCC[C@@H]2[C@@H](N1)[C@H](c1cccc(C(F)(F)F)c1)CN2CC1CC1. The number of benzene rings is 1. The normalized spacial score (nSPS) is 30.4. The van der Waals surface area contributed by atoms with Gasteiger partial charge >= 0.3 is 6.18 Å². The van der Waals surface area contributed by atoms with Crippen LogP contribution >= 0.6 is 0 Å². The van der Waals surface area contributed by atoms with Gasteiger partial charge in [0.25, 0.3) is 0 Å².